The summed E-state index contributed by atoms with van der Waals surface area (Å²) in [6.07, 6.45) is 0.333. The maximum atomic E-state index is 12.4. The van der Waals surface area contributed by atoms with Gasteiger partial charge in [-0.3, -0.25) is 9.69 Å². The van der Waals surface area contributed by atoms with Gasteiger partial charge in [0.25, 0.3) is 0 Å². The van der Waals surface area contributed by atoms with E-state index in [4.69, 9.17) is 4.74 Å². The van der Waals surface area contributed by atoms with Gasteiger partial charge in [0.2, 0.25) is 5.91 Å². The third kappa shape index (κ3) is 6.28. The van der Waals surface area contributed by atoms with Crippen molar-refractivity contribution in [2.24, 2.45) is 0 Å². The number of aryl methyl sites for hydroxylation is 3. The summed E-state index contributed by atoms with van der Waals surface area (Å²) in [7, 11) is 0. The molecule has 0 unspecified atom stereocenters. The predicted molar refractivity (Wildman–Crippen MR) is 118 cm³/mol. The lowest BCUT2D eigenvalue weighted by molar-refractivity contribution is -0.116. The van der Waals surface area contributed by atoms with Gasteiger partial charge in [-0.1, -0.05) is 18.2 Å². The fourth-order valence-electron chi connectivity index (χ4n) is 3.41. The summed E-state index contributed by atoms with van der Waals surface area (Å²) in [5, 5.41) is 3.06. The van der Waals surface area contributed by atoms with E-state index in [1.807, 2.05) is 44.7 Å². The Morgan fingerprint density at radius 1 is 1.07 bits per heavy atom. The Hall–Kier alpha value is -1.98. The Bertz CT molecular complexity index is 796. The van der Waals surface area contributed by atoms with Crippen molar-refractivity contribution < 1.29 is 9.53 Å². The summed E-state index contributed by atoms with van der Waals surface area (Å²) in [5.74, 6) is 3.22. The van der Waals surface area contributed by atoms with Gasteiger partial charge in [-0.25, -0.2) is 0 Å². The number of nitrogens with zero attached hydrogens (tertiary/aromatic N) is 1. The molecule has 1 fully saturated rings. The SMILES string of the molecule is Cc1cc(C)cc(OCCC(=O)Nc2cc(CN3CCSCC3)ccc2C)c1. The molecule has 1 N–H and O–H groups in total. The number of hydrogen-bond acceptors (Lipinski definition) is 4. The molecule has 4 nitrogen and oxygen atoms in total. The number of amides is 1. The molecular weight excluding hydrogens is 368 g/mol. The van der Waals surface area contributed by atoms with Crippen LogP contribution in [0.15, 0.2) is 36.4 Å². The highest BCUT2D eigenvalue weighted by Gasteiger charge is 2.12. The first-order valence-corrected chi connectivity index (χ1v) is 11.1. The van der Waals surface area contributed by atoms with Crippen LogP contribution in [-0.4, -0.2) is 42.0 Å². The number of thioether (sulfide) groups is 1. The summed E-state index contributed by atoms with van der Waals surface area (Å²) < 4.78 is 5.76. The summed E-state index contributed by atoms with van der Waals surface area (Å²) in [6, 6.07) is 12.5. The number of rotatable bonds is 7. The molecule has 3 rings (SSSR count). The normalized spacial score (nSPS) is 14.7. The minimum absolute atomic E-state index is 0.0148. The topological polar surface area (TPSA) is 41.6 Å². The van der Waals surface area contributed by atoms with Crippen LogP contribution >= 0.6 is 11.8 Å². The molecule has 0 saturated carbocycles. The van der Waals surface area contributed by atoms with E-state index in [1.165, 1.54) is 28.2 Å². The zero-order chi connectivity index (χ0) is 19.9. The van der Waals surface area contributed by atoms with Crippen molar-refractivity contribution in [2.75, 3.05) is 36.5 Å². The minimum atomic E-state index is -0.0148. The van der Waals surface area contributed by atoms with Crippen molar-refractivity contribution in [1.29, 1.82) is 0 Å². The van der Waals surface area contributed by atoms with Crippen LogP contribution in [0.4, 0.5) is 5.69 Å². The Balaban J connectivity index is 1.52. The van der Waals surface area contributed by atoms with Crippen LogP contribution in [0.3, 0.4) is 0 Å². The van der Waals surface area contributed by atoms with Crippen molar-refractivity contribution in [3.63, 3.8) is 0 Å². The minimum Gasteiger partial charge on any atom is -0.493 e. The molecular formula is C23H30N2O2S. The van der Waals surface area contributed by atoms with Gasteiger partial charge in [0, 0.05) is 36.8 Å². The molecule has 1 aliphatic rings. The van der Waals surface area contributed by atoms with Gasteiger partial charge in [0.1, 0.15) is 5.75 Å². The maximum absolute atomic E-state index is 12.4. The average molecular weight is 399 g/mol. The van der Waals surface area contributed by atoms with E-state index >= 15 is 0 Å². The van der Waals surface area contributed by atoms with Crippen LogP contribution < -0.4 is 10.1 Å². The second kappa shape index (κ2) is 9.99. The van der Waals surface area contributed by atoms with Crippen LogP contribution in [0.25, 0.3) is 0 Å². The third-order valence-corrected chi connectivity index (χ3v) is 5.82. The highest BCUT2D eigenvalue weighted by Crippen LogP contribution is 2.20. The van der Waals surface area contributed by atoms with Crippen LogP contribution in [-0.2, 0) is 11.3 Å². The Morgan fingerprint density at radius 3 is 2.50 bits per heavy atom. The van der Waals surface area contributed by atoms with Gasteiger partial charge in [0.15, 0.2) is 0 Å². The predicted octanol–water partition coefficient (Wildman–Crippen LogP) is 4.57. The first-order chi connectivity index (χ1) is 13.5. The molecule has 0 spiro atoms. The molecule has 28 heavy (non-hydrogen) atoms. The number of anilines is 1. The highest BCUT2D eigenvalue weighted by molar-refractivity contribution is 7.99. The van der Waals surface area contributed by atoms with Gasteiger partial charge in [-0.2, -0.15) is 11.8 Å². The summed E-state index contributed by atoms with van der Waals surface area (Å²) in [4.78, 5) is 14.9. The molecule has 150 valence electrons. The molecule has 1 amide bonds. The first-order valence-electron chi connectivity index (χ1n) is 9.90. The summed E-state index contributed by atoms with van der Waals surface area (Å²) in [5.41, 5.74) is 5.57. The number of carbonyl (C=O) groups excluding carboxylic acids is 1. The van der Waals surface area contributed by atoms with E-state index in [1.54, 1.807) is 0 Å². The standard InChI is InChI=1S/C23H30N2O2S/c1-17-12-18(2)14-21(13-17)27-9-6-23(26)24-22-15-20(5-4-19(22)3)16-25-7-10-28-11-8-25/h4-5,12-15H,6-11,16H2,1-3H3,(H,24,26). The van der Waals surface area contributed by atoms with E-state index in [0.29, 0.717) is 13.0 Å². The van der Waals surface area contributed by atoms with Gasteiger partial charge < -0.3 is 10.1 Å². The molecule has 2 aromatic rings. The molecule has 1 aliphatic heterocycles. The maximum Gasteiger partial charge on any atom is 0.227 e. The van der Waals surface area contributed by atoms with E-state index in [0.717, 1.165) is 36.6 Å². The van der Waals surface area contributed by atoms with Crippen molar-refractivity contribution in [2.45, 2.75) is 33.7 Å². The summed E-state index contributed by atoms with van der Waals surface area (Å²) >= 11 is 2.02. The monoisotopic (exact) mass is 398 g/mol. The second-order valence-corrected chi connectivity index (χ2v) is 8.73. The van der Waals surface area contributed by atoms with Crippen LogP contribution in [0, 0.1) is 20.8 Å². The van der Waals surface area contributed by atoms with Crippen LogP contribution in [0.5, 0.6) is 5.75 Å². The number of benzene rings is 2. The molecule has 0 aliphatic carbocycles. The Kier molecular flexibility index (Phi) is 7.40. The Morgan fingerprint density at radius 2 is 1.79 bits per heavy atom. The lowest BCUT2D eigenvalue weighted by Crippen LogP contribution is -2.32. The number of carbonyl (C=O) groups is 1. The van der Waals surface area contributed by atoms with Gasteiger partial charge in [-0.05, 0) is 61.2 Å². The van der Waals surface area contributed by atoms with E-state index in [-0.39, 0.29) is 5.91 Å². The van der Waals surface area contributed by atoms with Crippen molar-refractivity contribution >= 4 is 23.4 Å². The van der Waals surface area contributed by atoms with Crippen molar-refractivity contribution in [1.82, 2.24) is 4.90 Å². The summed E-state index contributed by atoms with van der Waals surface area (Å²) in [6.45, 7) is 9.71. The lowest BCUT2D eigenvalue weighted by Gasteiger charge is -2.26. The molecule has 0 atom stereocenters. The highest BCUT2D eigenvalue weighted by atomic mass is 32.2. The van der Waals surface area contributed by atoms with Crippen molar-refractivity contribution in [3.05, 3.63) is 58.7 Å². The third-order valence-electron chi connectivity index (χ3n) is 4.88. The van der Waals surface area contributed by atoms with E-state index in [2.05, 4.69) is 34.5 Å². The quantitative estimate of drug-likeness (QED) is 0.742. The molecule has 0 aromatic heterocycles. The van der Waals surface area contributed by atoms with E-state index in [9.17, 15) is 4.79 Å². The first kappa shape index (κ1) is 20.7. The largest absolute Gasteiger partial charge is 0.493 e. The fourth-order valence-corrected chi connectivity index (χ4v) is 4.39. The van der Waals surface area contributed by atoms with Gasteiger partial charge >= 0.3 is 0 Å². The molecule has 5 heteroatoms. The smallest absolute Gasteiger partial charge is 0.227 e. The van der Waals surface area contributed by atoms with Crippen LogP contribution in [0.1, 0.15) is 28.7 Å². The zero-order valence-electron chi connectivity index (χ0n) is 17.1. The fraction of sp³-hybridized carbons (Fsp3) is 0.435. The molecule has 1 heterocycles. The van der Waals surface area contributed by atoms with Gasteiger partial charge in [0.05, 0.1) is 13.0 Å². The molecule has 0 bridgehead atoms. The number of ether oxygens (including phenoxy) is 1. The zero-order valence-corrected chi connectivity index (χ0v) is 17.9. The van der Waals surface area contributed by atoms with E-state index < -0.39 is 0 Å². The average Bonchev–Trinajstić information content (AvgIpc) is 2.64. The molecule has 2 aromatic carbocycles. The number of hydrogen-bond donors (Lipinski definition) is 1. The van der Waals surface area contributed by atoms with Crippen molar-refractivity contribution in [3.8, 4) is 5.75 Å². The van der Waals surface area contributed by atoms with Crippen LogP contribution in [0.2, 0.25) is 0 Å². The molecule has 0 radical (unpaired) electrons. The lowest BCUT2D eigenvalue weighted by atomic mass is 10.1. The van der Waals surface area contributed by atoms with Gasteiger partial charge in [-0.15, -0.1) is 0 Å². The Labute approximate surface area is 172 Å². The molecule has 1 saturated heterocycles. The number of nitrogens with one attached hydrogen (secondary N) is 1. The second-order valence-electron chi connectivity index (χ2n) is 7.51.